The third kappa shape index (κ3) is 1.39. The smallest absolute Gasteiger partial charge is 0.126 e. The van der Waals surface area contributed by atoms with Crippen LogP contribution in [0.15, 0.2) is 0 Å². The summed E-state index contributed by atoms with van der Waals surface area (Å²) in [6, 6.07) is 0. The summed E-state index contributed by atoms with van der Waals surface area (Å²) in [4.78, 5) is 10.7. The maximum Gasteiger partial charge on any atom is 0.126 e. The normalized spacial score (nSPS) is 24.1. The Balaban J connectivity index is 2.52. The molecule has 10 heavy (non-hydrogen) atoms. The van der Waals surface area contributed by atoms with Gasteiger partial charge in [-0.3, -0.25) is 0 Å². The Morgan fingerprint density at radius 3 is 2.20 bits per heavy atom. The van der Waals surface area contributed by atoms with Crippen molar-refractivity contribution in [3.8, 4) is 0 Å². The zero-order chi connectivity index (χ0) is 7.45. The molecule has 1 heteroatoms. The molecule has 1 saturated carbocycles. The van der Waals surface area contributed by atoms with Crippen molar-refractivity contribution in [1.82, 2.24) is 0 Å². The van der Waals surface area contributed by atoms with Crippen LogP contribution in [-0.4, -0.2) is 6.29 Å². The van der Waals surface area contributed by atoms with E-state index in [1.807, 2.05) is 0 Å². The van der Waals surface area contributed by atoms with E-state index in [0.717, 1.165) is 19.3 Å². The summed E-state index contributed by atoms with van der Waals surface area (Å²) in [6.07, 6.45) is 8.33. The zero-order valence-electron chi connectivity index (χ0n) is 6.73. The van der Waals surface area contributed by atoms with Crippen molar-refractivity contribution in [2.45, 2.75) is 45.4 Å². The first-order valence-electron chi connectivity index (χ1n) is 4.29. The number of aldehydes is 1. The van der Waals surface area contributed by atoms with Crippen LogP contribution in [0, 0.1) is 5.41 Å². The maximum atomic E-state index is 10.7. The van der Waals surface area contributed by atoms with Crippen LogP contribution in [0.5, 0.6) is 0 Å². The standard InChI is InChI=1S/C9H16O/c1-2-9(8-10)6-4-3-5-7-9/h8H,2-7H2,1H3. The summed E-state index contributed by atoms with van der Waals surface area (Å²) in [7, 11) is 0. The molecule has 0 saturated heterocycles. The molecular formula is C9H16O. The summed E-state index contributed by atoms with van der Waals surface area (Å²) in [5.41, 5.74) is 0.0816. The predicted molar refractivity (Wildman–Crippen MR) is 41.9 cm³/mol. The van der Waals surface area contributed by atoms with Gasteiger partial charge in [0.25, 0.3) is 0 Å². The van der Waals surface area contributed by atoms with Crippen molar-refractivity contribution in [2.75, 3.05) is 0 Å². The zero-order valence-corrected chi connectivity index (χ0v) is 6.73. The average Bonchev–Trinajstić information content (AvgIpc) is 2.06. The Morgan fingerprint density at radius 1 is 1.30 bits per heavy atom. The molecular weight excluding hydrogens is 124 g/mol. The van der Waals surface area contributed by atoms with Crippen molar-refractivity contribution in [2.24, 2.45) is 5.41 Å². The maximum absolute atomic E-state index is 10.7. The highest BCUT2D eigenvalue weighted by molar-refractivity contribution is 5.59. The molecule has 1 rings (SSSR count). The van der Waals surface area contributed by atoms with E-state index in [-0.39, 0.29) is 5.41 Å². The third-order valence-corrected chi connectivity index (χ3v) is 2.80. The SMILES string of the molecule is CCC1(C=O)CCCCC1. The van der Waals surface area contributed by atoms with Crippen molar-refractivity contribution in [3.63, 3.8) is 0 Å². The molecule has 0 radical (unpaired) electrons. The van der Waals surface area contributed by atoms with Gasteiger partial charge in [-0.25, -0.2) is 0 Å². The molecule has 0 aromatic carbocycles. The Hall–Kier alpha value is -0.330. The summed E-state index contributed by atoms with van der Waals surface area (Å²) in [5, 5.41) is 0. The van der Waals surface area contributed by atoms with Gasteiger partial charge in [0.15, 0.2) is 0 Å². The highest BCUT2D eigenvalue weighted by atomic mass is 16.1. The van der Waals surface area contributed by atoms with Crippen LogP contribution >= 0.6 is 0 Å². The fourth-order valence-electron chi connectivity index (χ4n) is 1.81. The summed E-state index contributed by atoms with van der Waals surface area (Å²) < 4.78 is 0. The molecule has 0 heterocycles. The Bertz CT molecular complexity index is 112. The van der Waals surface area contributed by atoms with Gasteiger partial charge in [-0.1, -0.05) is 26.2 Å². The first-order chi connectivity index (χ1) is 4.83. The van der Waals surface area contributed by atoms with Crippen LogP contribution in [-0.2, 0) is 4.79 Å². The molecule has 0 amide bonds. The van der Waals surface area contributed by atoms with Crippen LogP contribution in [0.25, 0.3) is 0 Å². The topological polar surface area (TPSA) is 17.1 Å². The van der Waals surface area contributed by atoms with E-state index in [0.29, 0.717) is 0 Å². The van der Waals surface area contributed by atoms with Crippen LogP contribution < -0.4 is 0 Å². The molecule has 0 unspecified atom stereocenters. The van der Waals surface area contributed by atoms with Gasteiger partial charge >= 0.3 is 0 Å². The van der Waals surface area contributed by atoms with E-state index in [2.05, 4.69) is 6.92 Å². The van der Waals surface area contributed by atoms with Gasteiger partial charge in [-0.15, -0.1) is 0 Å². The second-order valence-electron chi connectivity index (χ2n) is 3.39. The van der Waals surface area contributed by atoms with Crippen LogP contribution in [0.2, 0.25) is 0 Å². The van der Waals surface area contributed by atoms with Gasteiger partial charge in [0.05, 0.1) is 0 Å². The Labute approximate surface area is 62.8 Å². The minimum atomic E-state index is 0.0816. The van der Waals surface area contributed by atoms with Gasteiger partial charge in [0, 0.05) is 5.41 Å². The van der Waals surface area contributed by atoms with Crippen molar-refractivity contribution in [3.05, 3.63) is 0 Å². The van der Waals surface area contributed by atoms with Gasteiger partial charge in [0.1, 0.15) is 6.29 Å². The van der Waals surface area contributed by atoms with Gasteiger partial charge in [-0.2, -0.15) is 0 Å². The van der Waals surface area contributed by atoms with E-state index in [1.165, 1.54) is 25.5 Å². The lowest BCUT2D eigenvalue weighted by Gasteiger charge is -2.30. The molecule has 0 atom stereocenters. The van der Waals surface area contributed by atoms with Crippen LogP contribution in [0.3, 0.4) is 0 Å². The van der Waals surface area contributed by atoms with Crippen molar-refractivity contribution >= 4 is 6.29 Å². The monoisotopic (exact) mass is 140 g/mol. The summed E-state index contributed by atoms with van der Waals surface area (Å²) >= 11 is 0. The van der Waals surface area contributed by atoms with E-state index in [9.17, 15) is 4.79 Å². The minimum absolute atomic E-state index is 0.0816. The van der Waals surface area contributed by atoms with Gasteiger partial charge in [0.2, 0.25) is 0 Å². The largest absolute Gasteiger partial charge is 0.303 e. The quantitative estimate of drug-likeness (QED) is 0.539. The average molecular weight is 140 g/mol. The Morgan fingerprint density at radius 2 is 1.90 bits per heavy atom. The molecule has 0 aromatic heterocycles. The fourth-order valence-corrected chi connectivity index (χ4v) is 1.81. The third-order valence-electron chi connectivity index (χ3n) is 2.80. The Kier molecular flexibility index (Phi) is 2.47. The van der Waals surface area contributed by atoms with Crippen LogP contribution in [0.4, 0.5) is 0 Å². The lowest BCUT2D eigenvalue weighted by Crippen LogP contribution is -2.24. The number of carbonyl (C=O) groups excluding carboxylic acids is 1. The number of rotatable bonds is 2. The number of carbonyl (C=O) groups is 1. The summed E-state index contributed by atoms with van der Waals surface area (Å²) in [6.45, 7) is 2.12. The van der Waals surface area contributed by atoms with E-state index >= 15 is 0 Å². The first-order valence-corrected chi connectivity index (χ1v) is 4.29. The molecule has 1 aliphatic carbocycles. The molecule has 1 nitrogen and oxygen atoms in total. The number of hydrogen-bond acceptors (Lipinski definition) is 1. The molecule has 0 aromatic rings. The van der Waals surface area contributed by atoms with Gasteiger partial charge < -0.3 is 4.79 Å². The molecule has 58 valence electrons. The first kappa shape index (κ1) is 7.77. The molecule has 0 aliphatic heterocycles. The molecule has 0 spiro atoms. The second kappa shape index (κ2) is 3.18. The van der Waals surface area contributed by atoms with Gasteiger partial charge in [-0.05, 0) is 19.3 Å². The minimum Gasteiger partial charge on any atom is -0.303 e. The lowest BCUT2D eigenvalue weighted by atomic mass is 9.73. The van der Waals surface area contributed by atoms with E-state index in [4.69, 9.17) is 0 Å². The highest BCUT2D eigenvalue weighted by Gasteiger charge is 2.28. The predicted octanol–water partition coefficient (Wildman–Crippen LogP) is 2.55. The van der Waals surface area contributed by atoms with Crippen LogP contribution in [0.1, 0.15) is 45.4 Å². The second-order valence-corrected chi connectivity index (χ2v) is 3.39. The van der Waals surface area contributed by atoms with Crippen molar-refractivity contribution < 1.29 is 4.79 Å². The highest BCUT2D eigenvalue weighted by Crippen LogP contribution is 2.36. The lowest BCUT2D eigenvalue weighted by molar-refractivity contribution is -0.118. The van der Waals surface area contributed by atoms with E-state index < -0.39 is 0 Å². The molecule has 1 aliphatic rings. The molecule has 0 N–H and O–H groups in total. The molecule has 1 fully saturated rings. The summed E-state index contributed by atoms with van der Waals surface area (Å²) in [5.74, 6) is 0. The van der Waals surface area contributed by atoms with Crippen molar-refractivity contribution in [1.29, 1.82) is 0 Å². The fraction of sp³-hybridized carbons (Fsp3) is 0.889. The van der Waals surface area contributed by atoms with E-state index in [1.54, 1.807) is 0 Å². The number of hydrogen-bond donors (Lipinski definition) is 0. The molecule has 0 bridgehead atoms.